The number of hydrogen-bond donors (Lipinski definition) is 0. The van der Waals surface area contributed by atoms with Gasteiger partial charge >= 0.3 is 5.97 Å². The van der Waals surface area contributed by atoms with Crippen LogP contribution in [0.3, 0.4) is 0 Å². The molecule has 0 fully saturated rings. The minimum absolute atomic E-state index is 0.156. The van der Waals surface area contributed by atoms with Crippen molar-refractivity contribution >= 4 is 17.2 Å². The second-order valence-corrected chi connectivity index (χ2v) is 5.92. The first-order valence-electron chi connectivity index (χ1n) is 8.65. The standard InChI is InChI=1S/C20H17N3O6/c1-3-28-19-9-17(23(25)26)14(8-18(19)27-2)20(24)29-12-13-11-22-7-5-4-6-16(22)15(13)10-21/h4-9,11H,3,12H2,1-2H3. The molecule has 0 spiro atoms. The molecule has 148 valence electrons. The smallest absolute Gasteiger partial charge is 0.345 e. The number of fused-ring (bicyclic) bond motifs is 1. The van der Waals surface area contributed by atoms with Crippen molar-refractivity contribution in [1.29, 1.82) is 5.26 Å². The lowest BCUT2D eigenvalue weighted by Crippen LogP contribution is -2.10. The number of nitro groups is 1. The van der Waals surface area contributed by atoms with Crippen molar-refractivity contribution < 1.29 is 23.9 Å². The van der Waals surface area contributed by atoms with Crippen molar-refractivity contribution in [3.8, 4) is 17.6 Å². The summed E-state index contributed by atoms with van der Waals surface area (Å²) in [6.45, 7) is 1.79. The molecule has 0 unspecified atom stereocenters. The predicted molar refractivity (Wildman–Crippen MR) is 102 cm³/mol. The fourth-order valence-electron chi connectivity index (χ4n) is 2.93. The van der Waals surface area contributed by atoms with E-state index in [-0.39, 0.29) is 30.3 Å². The number of nitrogens with zero attached hydrogens (tertiary/aromatic N) is 3. The molecule has 2 aromatic heterocycles. The van der Waals surface area contributed by atoms with Gasteiger partial charge in [-0.3, -0.25) is 10.1 Å². The third-order valence-electron chi connectivity index (χ3n) is 4.23. The molecule has 9 heteroatoms. The summed E-state index contributed by atoms with van der Waals surface area (Å²) in [4.78, 5) is 23.3. The van der Waals surface area contributed by atoms with Gasteiger partial charge in [0.1, 0.15) is 18.2 Å². The zero-order valence-corrected chi connectivity index (χ0v) is 15.7. The molecule has 0 bridgehead atoms. The lowest BCUT2D eigenvalue weighted by molar-refractivity contribution is -0.385. The number of carbonyl (C=O) groups is 1. The first kappa shape index (κ1) is 19.7. The molecule has 3 aromatic rings. The van der Waals surface area contributed by atoms with E-state index in [0.29, 0.717) is 16.6 Å². The number of methoxy groups -OCH3 is 1. The summed E-state index contributed by atoms with van der Waals surface area (Å²) >= 11 is 0. The number of benzene rings is 1. The first-order valence-corrected chi connectivity index (χ1v) is 8.65. The van der Waals surface area contributed by atoms with Crippen molar-refractivity contribution in [3.05, 3.63) is 69.5 Å². The molecule has 0 amide bonds. The van der Waals surface area contributed by atoms with Crippen LogP contribution in [-0.2, 0) is 11.3 Å². The SMILES string of the molecule is CCOc1cc([N+](=O)[O-])c(C(=O)OCc2cn3ccccc3c2C#N)cc1OC. The summed E-state index contributed by atoms with van der Waals surface area (Å²) in [5, 5.41) is 20.9. The summed E-state index contributed by atoms with van der Waals surface area (Å²) < 4.78 is 17.5. The van der Waals surface area contributed by atoms with Crippen LogP contribution in [0.4, 0.5) is 5.69 Å². The van der Waals surface area contributed by atoms with E-state index in [1.165, 1.54) is 13.2 Å². The molecular weight excluding hydrogens is 378 g/mol. The van der Waals surface area contributed by atoms with E-state index < -0.39 is 16.6 Å². The van der Waals surface area contributed by atoms with Crippen molar-refractivity contribution in [2.24, 2.45) is 0 Å². The molecular formula is C20H17N3O6. The molecule has 0 aliphatic carbocycles. The number of carbonyl (C=O) groups excluding carboxylic acids is 1. The van der Waals surface area contributed by atoms with Gasteiger partial charge in [0, 0.05) is 24.0 Å². The van der Waals surface area contributed by atoms with Crippen LogP contribution in [0.15, 0.2) is 42.7 Å². The van der Waals surface area contributed by atoms with Crippen molar-refractivity contribution in [1.82, 2.24) is 4.40 Å². The summed E-state index contributed by atoms with van der Waals surface area (Å²) in [6.07, 6.45) is 3.44. The lowest BCUT2D eigenvalue weighted by atomic mass is 10.1. The highest BCUT2D eigenvalue weighted by molar-refractivity contribution is 5.95. The molecule has 1 aromatic carbocycles. The lowest BCUT2D eigenvalue weighted by Gasteiger charge is -2.11. The van der Waals surface area contributed by atoms with Gasteiger partial charge in [0.05, 0.1) is 35.8 Å². The summed E-state index contributed by atoms with van der Waals surface area (Å²) in [6, 6.07) is 9.81. The maximum atomic E-state index is 12.6. The number of nitro benzene ring substituents is 1. The maximum absolute atomic E-state index is 12.6. The molecule has 0 aliphatic rings. The molecule has 0 atom stereocenters. The predicted octanol–water partition coefficient (Wildman–Crippen LogP) is 3.48. The maximum Gasteiger partial charge on any atom is 0.345 e. The summed E-state index contributed by atoms with van der Waals surface area (Å²) in [5.74, 6) is -0.572. The van der Waals surface area contributed by atoms with Gasteiger partial charge in [-0.25, -0.2) is 4.79 Å². The minimum atomic E-state index is -0.905. The normalized spacial score (nSPS) is 10.4. The molecule has 0 N–H and O–H groups in total. The molecule has 3 rings (SSSR count). The average Bonchev–Trinajstić information content (AvgIpc) is 3.09. The van der Waals surface area contributed by atoms with Crippen molar-refractivity contribution in [2.45, 2.75) is 13.5 Å². The van der Waals surface area contributed by atoms with Crippen molar-refractivity contribution in [2.75, 3.05) is 13.7 Å². The highest BCUT2D eigenvalue weighted by Crippen LogP contribution is 2.35. The second kappa shape index (κ2) is 8.31. The van der Waals surface area contributed by atoms with Gasteiger partial charge in [0.15, 0.2) is 11.5 Å². The second-order valence-electron chi connectivity index (χ2n) is 5.92. The van der Waals surface area contributed by atoms with Gasteiger partial charge in [-0.05, 0) is 19.1 Å². The third kappa shape index (κ3) is 3.82. The zero-order chi connectivity index (χ0) is 21.0. The van der Waals surface area contributed by atoms with Gasteiger partial charge in [-0.15, -0.1) is 0 Å². The minimum Gasteiger partial charge on any atom is -0.493 e. The quantitative estimate of drug-likeness (QED) is 0.341. The Kier molecular flexibility index (Phi) is 5.64. The molecule has 29 heavy (non-hydrogen) atoms. The molecule has 0 aliphatic heterocycles. The van der Waals surface area contributed by atoms with Crippen LogP contribution in [0.5, 0.6) is 11.5 Å². The Morgan fingerprint density at radius 1 is 1.31 bits per heavy atom. The van der Waals surface area contributed by atoms with Gasteiger partial charge < -0.3 is 18.6 Å². The van der Waals surface area contributed by atoms with Gasteiger partial charge in [-0.1, -0.05) is 6.07 Å². The van der Waals surface area contributed by atoms with Crippen LogP contribution < -0.4 is 9.47 Å². The Bertz CT molecular complexity index is 1130. The van der Waals surface area contributed by atoms with Gasteiger partial charge in [-0.2, -0.15) is 5.26 Å². The molecule has 0 saturated heterocycles. The molecule has 9 nitrogen and oxygen atoms in total. The Balaban J connectivity index is 1.91. The Morgan fingerprint density at radius 3 is 2.76 bits per heavy atom. The monoisotopic (exact) mass is 395 g/mol. The van der Waals surface area contributed by atoms with E-state index >= 15 is 0 Å². The first-order chi connectivity index (χ1) is 14.0. The van der Waals surface area contributed by atoms with Gasteiger partial charge in [0.2, 0.25) is 0 Å². The molecule has 0 radical (unpaired) electrons. The molecule has 2 heterocycles. The number of aromatic nitrogens is 1. The fourth-order valence-corrected chi connectivity index (χ4v) is 2.93. The number of rotatable bonds is 7. The zero-order valence-electron chi connectivity index (χ0n) is 15.7. The van der Waals surface area contributed by atoms with E-state index in [9.17, 15) is 20.2 Å². The fraction of sp³-hybridized carbons (Fsp3) is 0.200. The van der Waals surface area contributed by atoms with E-state index in [1.54, 1.807) is 41.9 Å². The van der Waals surface area contributed by atoms with Crippen LogP contribution >= 0.6 is 0 Å². The number of nitriles is 1. The summed E-state index contributed by atoms with van der Waals surface area (Å²) in [7, 11) is 1.37. The largest absolute Gasteiger partial charge is 0.493 e. The van der Waals surface area contributed by atoms with E-state index in [4.69, 9.17) is 14.2 Å². The number of hydrogen-bond acceptors (Lipinski definition) is 7. The Morgan fingerprint density at radius 2 is 2.10 bits per heavy atom. The van der Waals surface area contributed by atoms with Crippen LogP contribution in [0.25, 0.3) is 5.52 Å². The highest BCUT2D eigenvalue weighted by Gasteiger charge is 2.26. The van der Waals surface area contributed by atoms with E-state index in [1.807, 2.05) is 0 Å². The Labute approximate surface area is 165 Å². The van der Waals surface area contributed by atoms with Crippen LogP contribution in [0.2, 0.25) is 0 Å². The van der Waals surface area contributed by atoms with Crippen LogP contribution in [0.1, 0.15) is 28.4 Å². The number of pyridine rings is 1. The van der Waals surface area contributed by atoms with Crippen LogP contribution in [0, 0.1) is 21.4 Å². The summed E-state index contributed by atoms with van der Waals surface area (Å²) in [5.41, 5.74) is 0.818. The third-order valence-corrected chi connectivity index (χ3v) is 4.23. The topological polar surface area (TPSA) is 116 Å². The van der Waals surface area contributed by atoms with Gasteiger partial charge in [0.25, 0.3) is 5.69 Å². The number of ether oxygens (including phenoxy) is 3. The highest BCUT2D eigenvalue weighted by atomic mass is 16.6. The van der Waals surface area contributed by atoms with E-state index in [2.05, 4.69) is 6.07 Å². The Hall–Kier alpha value is -4.06. The molecule has 0 saturated carbocycles. The average molecular weight is 395 g/mol. The van der Waals surface area contributed by atoms with E-state index in [0.717, 1.165) is 6.07 Å². The number of esters is 1. The van der Waals surface area contributed by atoms with Crippen LogP contribution in [-0.4, -0.2) is 29.0 Å². The van der Waals surface area contributed by atoms with Crippen molar-refractivity contribution in [3.63, 3.8) is 0 Å².